The van der Waals surface area contributed by atoms with E-state index in [2.05, 4.69) is 6.92 Å². The summed E-state index contributed by atoms with van der Waals surface area (Å²) in [6, 6.07) is 0. The Morgan fingerprint density at radius 3 is 2.00 bits per heavy atom. The van der Waals surface area contributed by atoms with Crippen LogP contribution in [0.4, 0.5) is 0 Å². The molecule has 2 aliphatic carbocycles. The fourth-order valence-corrected chi connectivity index (χ4v) is 3.51. The Hall–Kier alpha value is 0. The maximum Gasteiger partial charge on any atom is -0.0383 e. The lowest BCUT2D eigenvalue weighted by molar-refractivity contribution is 0.166. The third kappa shape index (κ3) is 3.00. The Morgan fingerprint density at radius 2 is 1.36 bits per heavy atom. The Kier molecular flexibility index (Phi) is 4.98. The van der Waals surface area contributed by atoms with Gasteiger partial charge in [-0.3, -0.25) is 0 Å². The zero-order valence-electron chi connectivity index (χ0n) is 9.10. The van der Waals surface area contributed by atoms with Gasteiger partial charge in [0.05, 0.1) is 0 Å². The fraction of sp³-hybridized carbons (Fsp3) is 1.00. The molecule has 0 heteroatoms. The van der Waals surface area contributed by atoms with Crippen molar-refractivity contribution in [3.05, 3.63) is 0 Å². The largest absolute Gasteiger partial charge is 0.0776 e. The molecule has 14 heavy (non-hydrogen) atoms. The predicted molar refractivity (Wildman–Crippen MR) is 64.4 cm³/mol. The summed E-state index contributed by atoms with van der Waals surface area (Å²) >= 11 is 0. The first-order valence-electron chi connectivity index (χ1n) is 6.36. The molecular weight excluding hydrogens is 168 g/mol. The van der Waals surface area contributed by atoms with Gasteiger partial charge in [0.1, 0.15) is 0 Å². The van der Waals surface area contributed by atoms with Crippen molar-refractivity contribution < 1.29 is 0 Å². The van der Waals surface area contributed by atoms with Gasteiger partial charge in [0, 0.05) is 0 Å². The lowest BCUT2D eigenvalue weighted by Crippen LogP contribution is -2.23. The van der Waals surface area contributed by atoms with Crippen LogP contribution in [0.25, 0.3) is 0 Å². The van der Waals surface area contributed by atoms with Gasteiger partial charge in [0.2, 0.25) is 0 Å². The molecule has 0 N–H and O–H groups in total. The van der Waals surface area contributed by atoms with Crippen LogP contribution in [0.3, 0.4) is 0 Å². The maximum atomic E-state index is 2.45. The summed E-state index contributed by atoms with van der Waals surface area (Å²) in [5, 5.41) is 0. The molecule has 0 aromatic heterocycles. The molecule has 0 heterocycles. The Bertz CT molecular complexity index is 144. The summed E-state index contributed by atoms with van der Waals surface area (Å²) in [5.41, 5.74) is 0. The molecule has 0 aromatic carbocycles. The first-order valence-corrected chi connectivity index (χ1v) is 6.36. The van der Waals surface area contributed by atoms with Gasteiger partial charge >= 0.3 is 0 Å². The average Bonchev–Trinajstić information content (AvgIpc) is 2.19. The molecule has 0 aromatic rings. The lowest BCUT2D eigenvalue weighted by Gasteiger charge is -2.35. The lowest BCUT2D eigenvalue weighted by atomic mass is 9.71. The minimum atomic E-state index is 0. The average molecular weight is 196 g/mol. The summed E-state index contributed by atoms with van der Waals surface area (Å²) in [4.78, 5) is 0. The molecule has 0 bridgehead atoms. The molecule has 2 rings (SSSR count). The zero-order valence-corrected chi connectivity index (χ0v) is 9.10. The molecule has 0 saturated heterocycles. The smallest absolute Gasteiger partial charge is 0.0383 e. The number of hydrogen-bond donors (Lipinski definition) is 0. The molecule has 0 nitrogen and oxygen atoms in total. The molecule has 0 radical (unpaired) electrons. The fourth-order valence-electron chi connectivity index (χ4n) is 3.51. The molecular formula is C14H28. The molecule has 2 saturated carbocycles. The second kappa shape index (κ2) is 5.78. The molecule has 0 aliphatic heterocycles. The quantitative estimate of drug-likeness (QED) is 0.552. The first-order chi connectivity index (χ1) is 6.36. The molecule has 84 valence electrons. The van der Waals surface area contributed by atoms with Crippen molar-refractivity contribution in [1.82, 2.24) is 0 Å². The van der Waals surface area contributed by atoms with E-state index in [9.17, 15) is 0 Å². The minimum Gasteiger partial charge on any atom is -0.0776 e. The second-order valence-electron chi connectivity index (χ2n) is 5.43. The monoisotopic (exact) mass is 196 g/mol. The van der Waals surface area contributed by atoms with E-state index in [1.165, 1.54) is 32.1 Å². The van der Waals surface area contributed by atoms with Crippen molar-refractivity contribution in [2.24, 2.45) is 17.8 Å². The Morgan fingerprint density at radius 1 is 0.714 bits per heavy atom. The van der Waals surface area contributed by atoms with Crippen LogP contribution in [0, 0.1) is 17.8 Å². The van der Waals surface area contributed by atoms with E-state index >= 15 is 0 Å². The zero-order chi connectivity index (χ0) is 9.10. The van der Waals surface area contributed by atoms with Crippen molar-refractivity contribution in [2.45, 2.75) is 72.1 Å². The molecule has 2 fully saturated rings. The highest BCUT2D eigenvalue weighted by molar-refractivity contribution is 4.78. The van der Waals surface area contributed by atoms with Gasteiger partial charge in [0.25, 0.3) is 0 Å². The summed E-state index contributed by atoms with van der Waals surface area (Å²) < 4.78 is 0. The normalized spacial score (nSPS) is 34.9. The van der Waals surface area contributed by atoms with Crippen LogP contribution >= 0.6 is 0 Å². The van der Waals surface area contributed by atoms with Crippen LogP contribution in [0.1, 0.15) is 72.1 Å². The summed E-state index contributed by atoms with van der Waals surface area (Å²) in [6.45, 7) is 2.45. The van der Waals surface area contributed by atoms with Gasteiger partial charge < -0.3 is 0 Å². The van der Waals surface area contributed by atoms with Crippen LogP contribution in [0.2, 0.25) is 0 Å². The van der Waals surface area contributed by atoms with Crippen LogP contribution in [0.5, 0.6) is 0 Å². The van der Waals surface area contributed by atoms with Crippen LogP contribution < -0.4 is 0 Å². The van der Waals surface area contributed by atoms with Gasteiger partial charge in [-0.25, -0.2) is 0 Å². The Balaban J connectivity index is 0.000000980. The van der Waals surface area contributed by atoms with Crippen molar-refractivity contribution in [1.29, 1.82) is 0 Å². The maximum absolute atomic E-state index is 2.45. The molecule has 0 spiro atoms. The third-order valence-corrected chi connectivity index (χ3v) is 4.29. The van der Waals surface area contributed by atoms with Gasteiger partial charge in [-0.1, -0.05) is 65.7 Å². The van der Waals surface area contributed by atoms with Gasteiger partial charge in [-0.2, -0.15) is 0 Å². The highest BCUT2D eigenvalue weighted by atomic mass is 14.3. The van der Waals surface area contributed by atoms with Crippen LogP contribution in [-0.4, -0.2) is 0 Å². The van der Waals surface area contributed by atoms with Crippen molar-refractivity contribution in [2.75, 3.05) is 0 Å². The van der Waals surface area contributed by atoms with E-state index in [-0.39, 0.29) is 7.43 Å². The van der Waals surface area contributed by atoms with Crippen molar-refractivity contribution in [3.8, 4) is 0 Å². The van der Waals surface area contributed by atoms with E-state index in [1.807, 2.05) is 0 Å². The van der Waals surface area contributed by atoms with Gasteiger partial charge in [0.15, 0.2) is 0 Å². The summed E-state index contributed by atoms with van der Waals surface area (Å²) in [5.74, 6) is 3.27. The van der Waals surface area contributed by atoms with Crippen LogP contribution in [-0.2, 0) is 0 Å². The third-order valence-electron chi connectivity index (χ3n) is 4.29. The molecule has 2 unspecified atom stereocenters. The molecule has 0 amide bonds. The summed E-state index contributed by atoms with van der Waals surface area (Å²) in [6.07, 6.45) is 13.8. The minimum absolute atomic E-state index is 0. The van der Waals surface area contributed by atoms with Gasteiger partial charge in [-0.15, -0.1) is 0 Å². The topological polar surface area (TPSA) is 0 Å². The predicted octanol–water partition coefficient (Wildman–Crippen LogP) is 5.03. The summed E-state index contributed by atoms with van der Waals surface area (Å²) in [7, 11) is 0. The number of rotatable bonds is 1. The number of hydrogen-bond acceptors (Lipinski definition) is 0. The second-order valence-corrected chi connectivity index (χ2v) is 5.43. The van der Waals surface area contributed by atoms with E-state index in [1.54, 1.807) is 25.7 Å². The SMILES string of the molecule is C.CC1CCCC(C2CCCCC2)C1. The van der Waals surface area contributed by atoms with Crippen LogP contribution in [0.15, 0.2) is 0 Å². The van der Waals surface area contributed by atoms with E-state index in [4.69, 9.17) is 0 Å². The van der Waals surface area contributed by atoms with Crippen molar-refractivity contribution >= 4 is 0 Å². The van der Waals surface area contributed by atoms with Crippen molar-refractivity contribution in [3.63, 3.8) is 0 Å². The first kappa shape index (κ1) is 12.1. The molecule has 2 aliphatic rings. The highest BCUT2D eigenvalue weighted by Crippen LogP contribution is 2.39. The van der Waals surface area contributed by atoms with Gasteiger partial charge in [-0.05, 0) is 24.2 Å². The van der Waals surface area contributed by atoms with E-state index < -0.39 is 0 Å². The van der Waals surface area contributed by atoms with E-state index in [0.29, 0.717) is 0 Å². The standard InChI is InChI=1S/C13H24.CH4/c1-11-6-5-9-13(10-11)12-7-3-2-4-8-12;/h11-13H,2-10H2,1H3;1H4. The highest BCUT2D eigenvalue weighted by Gasteiger charge is 2.27. The Labute approximate surface area is 90.5 Å². The van der Waals surface area contributed by atoms with E-state index in [0.717, 1.165) is 17.8 Å². The molecule has 2 atom stereocenters.